The van der Waals surface area contributed by atoms with Gasteiger partial charge >= 0.3 is 7.82 Å². The van der Waals surface area contributed by atoms with E-state index >= 15 is 0 Å². The molecule has 0 aromatic heterocycles. The fraction of sp³-hybridized carbons (Fsp3) is 0.962. The van der Waals surface area contributed by atoms with E-state index in [1.54, 1.807) is 0 Å². The summed E-state index contributed by atoms with van der Waals surface area (Å²) in [5, 5.41) is 0. The molecule has 0 aliphatic carbocycles. The minimum atomic E-state index is -3.89. The Balaban J connectivity index is -0.000000646. The van der Waals surface area contributed by atoms with Gasteiger partial charge in [-0.1, -0.05) is 118 Å². The van der Waals surface area contributed by atoms with Crippen molar-refractivity contribution in [3.05, 3.63) is 6.92 Å². The largest absolute Gasteiger partial charge is 0.472 e. The third-order valence-electron chi connectivity index (χ3n) is 5.89. The predicted octanol–water partition coefficient (Wildman–Crippen LogP) is 9.51. The van der Waals surface area contributed by atoms with E-state index in [1.807, 2.05) is 0 Å². The molecule has 200 valence electrons. The van der Waals surface area contributed by atoms with Crippen molar-refractivity contribution >= 4 is 7.82 Å². The minimum absolute atomic E-state index is 0. The van der Waals surface area contributed by atoms with Crippen LogP contribution in [0.15, 0.2) is 0 Å². The summed E-state index contributed by atoms with van der Waals surface area (Å²) in [6.45, 7) is 15.2. The Bertz CT molecular complexity index is 364. The van der Waals surface area contributed by atoms with E-state index in [1.165, 1.54) is 44.9 Å². The van der Waals surface area contributed by atoms with Gasteiger partial charge in [-0.3, -0.25) is 9.05 Å². The van der Waals surface area contributed by atoms with Crippen molar-refractivity contribution in [2.75, 3.05) is 13.2 Å². The molecule has 0 bridgehead atoms. The summed E-state index contributed by atoms with van der Waals surface area (Å²) < 4.78 is 22.2. The first-order valence-corrected chi connectivity index (χ1v) is 14.8. The zero-order valence-electron chi connectivity index (χ0n) is 22.0. The van der Waals surface area contributed by atoms with Gasteiger partial charge in [-0.2, -0.15) is 6.42 Å². The van der Waals surface area contributed by atoms with Crippen molar-refractivity contribution in [2.45, 2.75) is 137 Å². The van der Waals surface area contributed by atoms with Gasteiger partial charge < -0.3 is 11.8 Å². The normalized spacial score (nSPS) is 14.6. The van der Waals surface area contributed by atoms with Gasteiger partial charge in [-0.05, 0) is 24.7 Å². The summed E-state index contributed by atoms with van der Waals surface area (Å²) in [6, 6.07) is 0. The van der Waals surface area contributed by atoms with Gasteiger partial charge in [-0.15, -0.1) is 0 Å². The second kappa shape index (κ2) is 27.8. The average molecular weight is 522 g/mol. The third-order valence-corrected chi connectivity index (χ3v) is 6.84. The Labute approximate surface area is 211 Å². The molecule has 0 fully saturated rings. The van der Waals surface area contributed by atoms with E-state index in [0.717, 1.165) is 57.8 Å². The van der Waals surface area contributed by atoms with E-state index in [0.29, 0.717) is 25.0 Å². The number of phosphoric ester groups is 1. The molecule has 0 aliphatic rings. The molecule has 2 unspecified atom stereocenters. The molecule has 0 radical (unpaired) electrons. The van der Waals surface area contributed by atoms with Crippen LogP contribution >= 0.6 is 7.82 Å². The van der Waals surface area contributed by atoms with Crippen molar-refractivity contribution in [1.82, 2.24) is 0 Å². The summed E-state index contributed by atoms with van der Waals surface area (Å²) in [4.78, 5) is 9.77. The third kappa shape index (κ3) is 26.9. The molecule has 0 saturated carbocycles. The molecule has 0 rings (SSSR count). The molecule has 0 aliphatic heterocycles. The van der Waals surface area contributed by atoms with E-state index in [2.05, 4.69) is 41.5 Å². The van der Waals surface area contributed by atoms with Gasteiger partial charge in [0.15, 0.2) is 0 Å². The molecule has 0 heterocycles. The topological polar surface area (TPSA) is 55.8 Å². The Morgan fingerprint density at radius 3 is 1.41 bits per heavy atom. The molecule has 1 N–H and O–H groups in total. The molecule has 0 aromatic carbocycles. The van der Waals surface area contributed by atoms with Crippen LogP contribution in [-0.2, 0) is 30.1 Å². The van der Waals surface area contributed by atoms with Crippen LogP contribution in [0.3, 0.4) is 0 Å². The SMILES string of the molecule is CCCCC(CC)COP(=O)(O)OCC(CC)CCCC.[CH2-]CCCCCCCCC.[Ni]. The summed E-state index contributed by atoms with van der Waals surface area (Å²) in [7, 11) is -3.89. The van der Waals surface area contributed by atoms with Gasteiger partial charge in [0.05, 0.1) is 13.2 Å². The van der Waals surface area contributed by atoms with Crippen LogP contribution in [0.2, 0.25) is 0 Å². The van der Waals surface area contributed by atoms with Gasteiger partial charge in [0.2, 0.25) is 0 Å². The molecule has 0 saturated heterocycles. The van der Waals surface area contributed by atoms with Crippen molar-refractivity contribution in [1.29, 1.82) is 0 Å². The van der Waals surface area contributed by atoms with Crippen LogP contribution in [0, 0.1) is 18.8 Å². The minimum Gasteiger partial charge on any atom is -0.343 e. The molecule has 0 spiro atoms. The Morgan fingerprint density at radius 2 is 1.06 bits per heavy atom. The van der Waals surface area contributed by atoms with Crippen molar-refractivity contribution in [3.63, 3.8) is 0 Å². The van der Waals surface area contributed by atoms with Crippen molar-refractivity contribution < 1.29 is 35.0 Å². The predicted molar refractivity (Wildman–Crippen MR) is 136 cm³/mol. The molecule has 4 nitrogen and oxygen atoms in total. The molecule has 0 aromatic rings. The Morgan fingerprint density at radius 1 is 0.688 bits per heavy atom. The average Bonchev–Trinajstić information content (AvgIpc) is 2.77. The summed E-state index contributed by atoms with van der Waals surface area (Å²) in [5.41, 5.74) is 0. The molecule has 2 atom stereocenters. The second-order valence-corrected chi connectivity index (χ2v) is 10.3. The van der Waals surface area contributed by atoms with Gasteiger partial charge in [-0.25, -0.2) is 4.57 Å². The Hall–Kier alpha value is 0.604. The number of hydrogen-bond acceptors (Lipinski definition) is 3. The number of rotatable bonds is 21. The zero-order valence-corrected chi connectivity index (χ0v) is 23.9. The monoisotopic (exact) mass is 521 g/mol. The van der Waals surface area contributed by atoms with Crippen LogP contribution in [0.1, 0.15) is 137 Å². The van der Waals surface area contributed by atoms with Crippen LogP contribution in [0.25, 0.3) is 0 Å². The molecule has 6 heteroatoms. The Kier molecular flexibility index (Phi) is 32.3. The number of phosphoric acid groups is 1. The zero-order chi connectivity index (χ0) is 23.8. The van der Waals surface area contributed by atoms with E-state index < -0.39 is 7.82 Å². The summed E-state index contributed by atoms with van der Waals surface area (Å²) in [6.07, 6.45) is 19.5. The number of hydrogen-bond donors (Lipinski definition) is 1. The van der Waals surface area contributed by atoms with E-state index in [4.69, 9.17) is 9.05 Å². The quantitative estimate of drug-likeness (QED) is 0.0706. The maximum atomic E-state index is 11.9. The smallest absolute Gasteiger partial charge is 0.343 e. The van der Waals surface area contributed by atoms with Crippen LogP contribution < -0.4 is 0 Å². The number of unbranched alkanes of at least 4 members (excludes halogenated alkanes) is 9. The molecule has 0 amide bonds. The van der Waals surface area contributed by atoms with E-state index in [9.17, 15) is 9.46 Å². The summed E-state index contributed by atoms with van der Waals surface area (Å²) >= 11 is 0. The van der Waals surface area contributed by atoms with Crippen molar-refractivity contribution in [3.8, 4) is 0 Å². The van der Waals surface area contributed by atoms with Crippen molar-refractivity contribution in [2.24, 2.45) is 11.8 Å². The molecular weight excluding hydrogens is 466 g/mol. The molecule has 32 heavy (non-hydrogen) atoms. The summed E-state index contributed by atoms with van der Waals surface area (Å²) in [5.74, 6) is 0.687. The maximum Gasteiger partial charge on any atom is 0.472 e. The maximum absolute atomic E-state index is 11.9. The second-order valence-electron chi connectivity index (χ2n) is 8.87. The first kappa shape index (κ1) is 37.2. The van der Waals surface area contributed by atoms with Gasteiger partial charge in [0, 0.05) is 16.5 Å². The van der Waals surface area contributed by atoms with Crippen LogP contribution in [-0.4, -0.2) is 18.1 Å². The standard InChI is InChI=1S/C16H35O4P.C10H21.Ni/c1-5-9-11-15(7-3)13-19-21(17,18)20-14-16(8-4)12-10-6-2;1-3-5-7-9-10-8-6-4-2;/h15-16H,5-14H2,1-4H3,(H,17,18);1,3-10H2,2H3;/q;-1;. The van der Waals surface area contributed by atoms with Gasteiger partial charge in [0.25, 0.3) is 0 Å². The molecular formula is C26H56NiO4P-. The first-order chi connectivity index (χ1) is 14.9. The van der Waals surface area contributed by atoms with Crippen LogP contribution in [0.5, 0.6) is 0 Å². The first-order valence-electron chi connectivity index (χ1n) is 13.3. The van der Waals surface area contributed by atoms with Crippen LogP contribution in [0.4, 0.5) is 0 Å². The van der Waals surface area contributed by atoms with Gasteiger partial charge in [0.1, 0.15) is 0 Å². The fourth-order valence-electron chi connectivity index (χ4n) is 3.37. The van der Waals surface area contributed by atoms with E-state index in [-0.39, 0.29) is 16.5 Å². The fourth-order valence-corrected chi connectivity index (χ4v) is 4.24.